The van der Waals surface area contributed by atoms with Gasteiger partial charge in [0, 0.05) is 32.4 Å². The first kappa shape index (κ1) is 19.7. The van der Waals surface area contributed by atoms with E-state index in [0.717, 1.165) is 38.3 Å². The summed E-state index contributed by atoms with van der Waals surface area (Å²) in [6, 6.07) is 2.10. The van der Waals surface area contributed by atoms with Crippen LogP contribution in [0.1, 0.15) is 59.3 Å². The third kappa shape index (κ3) is 5.71. The van der Waals surface area contributed by atoms with Crippen LogP contribution in [0.4, 0.5) is 16.6 Å². The number of nitrogens with zero attached hydrogens (tertiary/aromatic N) is 4. The molecule has 1 atom stereocenters. The van der Waals surface area contributed by atoms with Gasteiger partial charge in [-0.3, -0.25) is 0 Å². The normalized spacial score (nSPS) is 21.1. The Kier molecular flexibility index (Phi) is 6.39. The molecule has 2 saturated heterocycles. The third-order valence-corrected chi connectivity index (χ3v) is 5.07. The van der Waals surface area contributed by atoms with E-state index in [1.54, 1.807) is 0 Å². The van der Waals surface area contributed by atoms with Crippen LogP contribution >= 0.6 is 0 Å². The molecule has 2 fully saturated rings. The highest BCUT2D eigenvalue weighted by Gasteiger charge is 2.32. The predicted octanol–water partition coefficient (Wildman–Crippen LogP) is 3.67. The van der Waals surface area contributed by atoms with Crippen LogP contribution in [0.25, 0.3) is 0 Å². The van der Waals surface area contributed by atoms with Crippen LogP contribution in [-0.2, 0) is 4.74 Å². The molecule has 0 saturated carbocycles. The molecule has 0 bridgehead atoms. The molecule has 3 heterocycles. The van der Waals surface area contributed by atoms with Crippen LogP contribution in [0, 0.1) is 0 Å². The predicted molar refractivity (Wildman–Crippen MR) is 107 cm³/mol. The molecule has 150 valence electrons. The highest BCUT2D eigenvalue weighted by molar-refractivity contribution is 5.69. The number of anilines is 2. The van der Waals surface area contributed by atoms with Crippen molar-refractivity contribution in [3.63, 3.8) is 0 Å². The van der Waals surface area contributed by atoms with E-state index in [0.29, 0.717) is 12.5 Å². The molecular weight excluding hydrogens is 342 g/mol. The highest BCUT2D eigenvalue weighted by Crippen LogP contribution is 2.22. The lowest BCUT2D eigenvalue weighted by Gasteiger charge is -2.28. The van der Waals surface area contributed by atoms with Gasteiger partial charge in [-0.1, -0.05) is 12.8 Å². The third-order valence-electron chi connectivity index (χ3n) is 5.07. The Hall–Kier alpha value is -2.05. The molecule has 2 aliphatic heterocycles. The van der Waals surface area contributed by atoms with E-state index < -0.39 is 5.60 Å². The molecule has 1 aromatic rings. The number of ether oxygens (including phenoxy) is 1. The number of hydrogen-bond donors (Lipinski definition) is 1. The Morgan fingerprint density at radius 3 is 2.63 bits per heavy atom. The second-order valence-corrected chi connectivity index (χ2v) is 8.49. The van der Waals surface area contributed by atoms with Crippen molar-refractivity contribution in [2.75, 3.05) is 36.4 Å². The molecule has 3 rings (SSSR count). The zero-order chi connectivity index (χ0) is 19.3. The van der Waals surface area contributed by atoms with Gasteiger partial charge in [-0.2, -0.15) is 4.98 Å². The van der Waals surface area contributed by atoms with Crippen LogP contribution in [0.2, 0.25) is 0 Å². The van der Waals surface area contributed by atoms with Gasteiger partial charge in [0.05, 0.1) is 6.04 Å². The Morgan fingerprint density at radius 1 is 1.19 bits per heavy atom. The molecule has 7 nitrogen and oxygen atoms in total. The van der Waals surface area contributed by atoms with Crippen LogP contribution in [-0.4, -0.2) is 58.8 Å². The molecule has 2 aliphatic rings. The minimum absolute atomic E-state index is 0.116. The van der Waals surface area contributed by atoms with E-state index in [1.165, 1.54) is 25.7 Å². The van der Waals surface area contributed by atoms with E-state index in [-0.39, 0.29) is 12.1 Å². The van der Waals surface area contributed by atoms with Crippen molar-refractivity contribution >= 4 is 17.9 Å². The standard InChI is InChI=1S/C20H33N5O2/c1-20(2,3)27-19(26)25-14-8-9-16(25)15-22-18-21-11-10-17(23-18)24-12-6-4-5-7-13-24/h10-11,16H,4-9,12-15H2,1-3H3,(H,21,22,23). The fraction of sp³-hybridized carbons (Fsp3) is 0.750. The minimum Gasteiger partial charge on any atom is -0.444 e. The van der Waals surface area contributed by atoms with Crippen molar-refractivity contribution in [3.8, 4) is 0 Å². The topological polar surface area (TPSA) is 70.6 Å². The Balaban J connectivity index is 1.57. The van der Waals surface area contributed by atoms with Crippen molar-refractivity contribution in [2.45, 2.75) is 70.9 Å². The van der Waals surface area contributed by atoms with Gasteiger partial charge in [0.1, 0.15) is 11.4 Å². The molecule has 1 aromatic heterocycles. The molecular formula is C20H33N5O2. The summed E-state index contributed by atoms with van der Waals surface area (Å²) in [5.41, 5.74) is -0.470. The summed E-state index contributed by atoms with van der Waals surface area (Å²) in [6.07, 6.45) is 8.60. The van der Waals surface area contributed by atoms with Gasteiger partial charge in [-0.25, -0.2) is 9.78 Å². The van der Waals surface area contributed by atoms with E-state index in [1.807, 2.05) is 37.9 Å². The lowest BCUT2D eigenvalue weighted by atomic mass is 10.2. The fourth-order valence-corrected chi connectivity index (χ4v) is 3.73. The van der Waals surface area contributed by atoms with Crippen molar-refractivity contribution in [2.24, 2.45) is 0 Å². The summed E-state index contributed by atoms with van der Waals surface area (Å²) in [4.78, 5) is 25.7. The van der Waals surface area contributed by atoms with Gasteiger partial charge in [0.2, 0.25) is 5.95 Å². The number of aromatic nitrogens is 2. The number of nitrogens with one attached hydrogen (secondary N) is 1. The number of rotatable bonds is 4. The van der Waals surface area contributed by atoms with Gasteiger partial charge in [0.15, 0.2) is 0 Å². The smallest absolute Gasteiger partial charge is 0.410 e. The average Bonchev–Trinajstić information content (AvgIpc) is 2.92. The Morgan fingerprint density at radius 2 is 1.93 bits per heavy atom. The Bertz CT molecular complexity index is 623. The van der Waals surface area contributed by atoms with Crippen LogP contribution in [0.3, 0.4) is 0 Å². The van der Waals surface area contributed by atoms with Gasteiger partial charge in [-0.15, -0.1) is 0 Å². The first-order chi connectivity index (χ1) is 12.9. The largest absolute Gasteiger partial charge is 0.444 e. The van der Waals surface area contributed by atoms with E-state index >= 15 is 0 Å². The van der Waals surface area contributed by atoms with Crippen molar-refractivity contribution in [1.82, 2.24) is 14.9 Å². The first-order valence-corrected chi connectivity index (χ1v) is 10.2. The van der Waals surface area contributed by atoms with E-state index in [9.17, 15) is 4.79 Å². The second kappa shape index (κ2) is 8.76. The summed E-state index contributed by atoms with van der Waals surface area (Å²) in [6.45, 7) is 9.21. The summed E-state index contributed by atoms with van der Waals surface area (Å²) in [7, 11) is 0. The number of amides is 1. The maximum atomic E-state index is 12.4. The molecule has 0 aromatic carbocycles. The quantitative estimate of drug-likeness (QED) is 0.866. The summed E-state index contributed by atoms with van der Waals surface area (Å²) in [5, 5.41) is 3.33. The number of likely N-dealkylation sites (tertiary alicyclic amines) is 1. The molecule has 7 heteroatoms. The lowest BCUT2D eigenvalue weighted by Crippen LogP contribution is -2.42. The van der Waals surface area contributed by atoms with Crippen molar-refractivity contribution < 1.29 is 9.53 Å². The van der Waals surface area contributed by atoms with Crippen LogP contribution in [0.5, 0.6) is 0 Å². The zero-order valence-corrected chi connectivity index (χ0v) is 16.9. The number of carbonyl (C=O) groups is 1. The molecule has 1 N–H and O–H groups in total. The first-order valence-electron chi connectivity index (χ1n) is 10.2. The maximum absolute atomic E-state index is 12.4. The van der Waals surface area contributed by atoms with Gasteiger partial charge in [-0.05, 0) is 52.5 Å². The maximum Gasteiger partial charge on any atom is 0.410 e. The molecule has 0 spiro atoms. The van der Waals surface area contributed by atoms with Crippen LogP contribution in [0.15, 0.2) is 12.3 Å². The molecule has 1 amide bonds. The summed E-state index contributed by atoms with van der Waals surface area (Å²) >= 11 is 0. The number of carbonyl (C=O) groups excluding carboxylic acids is 1. The average molecular weight is 376 g/mol. The molecule has 0 aliphatic carbocycles. The van der Waals surface area contributed by atoms with E-state index in [2.05, 4.69) is 15.2 Å². The SMILES string of the molecule is CC(C)(C)OC(=O)N1CCCC1CNc1nccc(N2CCCCCC2)n1. The molecule has 1 unspecified atom stereocenters. The fourth-order valence-electron chi connectivity index (χ4n) is 3.73. The molecule has 27 heavy (non-hydrogen) atoms. The van der Waals surface area contributed by atoms with Crippen LogP contribution < -0.4 is 10.2 Å². The minimum atomic E-state index is -0.470. The summed E-state index contributed by atoms with van der Waals surface area (Å²) < 4.78 is 5.54. The van der Waals surface area contributed by atoms with Crippen molar-refractivity contribution in [1.29, 1.82) is 0 Å². The number of hydrogen-bond acceptors (Lipinski definition) is 6. The van der Waals surface area contributed by atoms with Gasteiger partial charge in [0.25, 0.3) is 0 Å². The van der Waals surface area contributed by atoms with Crippen molar-refractivity contribution in [3.05, 3.63) is 12.3 Å². The second-order valence-electron chi connectivity index (χ2n) is 8.49. The Labute approximate surface area is 162 Å². The van der Waals surface area contributed by atoms with E-state index in [4.69, 9.17) is 9.72 Å². The highest BCUT2D eigenvalue weighted by atomic mass is 16.6. The monoisotopic (exact) mass is 375 g/mol. The summed E-state index contributed by atoms with van der Waals surface area (Å²) in [5.74, 6) is 1.62. The zero-order valence-electron chi connectivity index (χ0n) is 16.9. The van der Waals surface area contributed by atoms with Gasteiger partial charge < -0.3 is 19.9 Å². The lowest BCUT2D eigenvalue weighted by molar-refractivity contribution is 0.0235. The van der Waals surface area contributed by atoms with Gasteiger partial charge >= 0.3 is 6.09 Å². The molecule has 0 radical (unpaired) electrons.